The fraction of sp³-hybridized carbons (Fsp3) is 0.833. The molecule has 4 nitrogen and oxygen atoms in total. The van der Waals surface area contributed by atoms with Crippen molar-refractivity contribution in [3.63, 3.8) is 0 Å². The summed E-state index contributed by atoms with van der Waals surface area (Å²) >= 11 is 0. The van der Waals surface area contributed by atoms with E-state index >= 15 is 0 Å². The summed E-state index contributed by atoms with van der Waals surface area (Å²) in [5.41, 5.74) is 0.139. The first-order chi connectivity index (χ1) is 7.29. The zero-order valence-corrected chi connectivity index (χ0v) is 10.7. The Balaban J connectivity index is 2.44. The highest BCUT2D eigenvalue weighted by Gasteiger charge is 2.51. The first-order valence-corrected chi connectivity index (χ1v) is 5.62. The van der Waals surface area contributed by atoms with Crippen molar-refractivity contribution in [3.05, 3.63) is 0 Å². The predicted octanol–water partition coefficient (Wildman–Crippen LogP) is 1.30. The molecule has 0 spiro atoms. The second-order valence-corrected chi connectivity index (χ2v) is 5.39. The largest absolute Gasteiger partial charge is 0.469 e. The lowest BCUT2D eigenvalue weighted by Crippen LogP contribution is -2.35. The van der Waals surface area contributed by atoms with Gasteiger partial charge < -0.3 is 9.64 Å². The summed E-state index contributed by atoms with van der Waals surface area (Å²) in [6.45, 7) is 6.38. The van der Waals surface area contributed by atoms with Gasteiger partial charge in [-0.25, -0.2) is 0 Å². The monoisotopic (exact) mass is 227 g/mol. The third-order valence-corrected chi connectivity index (χ3v) is 3.34. The van der Waals surface area contributed by atoms with Gasteiger partial charge >= 0.3 is 5.97 Å². The first kappa shape index (κ1) is 13.0. The predicted molar refractivity (Wildman–Crippen MR) is 60.7 cm³/mol. The summed E-state index contributed by atoms with van der Waals surface area (Å²) in [5, 5.41) is 0. The molecule has 0 N–H and O–H groups in total. The molecule has 2 atom stereocenters. The SMILES string of the molecule is COC(=O)C(C)CN(C)C(=O)C1CC1(C)C. The minimum absolute atomic E-state index is 0.127. The Bertz CT molecular complexity index is 299. The molecular formula is C12H21NO3. The lowest BCUT2D eigenvalue weighted by molar-refractivity contribution is -0.146. The molecule has 0 aromatic carbocycles. The van der Waals surface area contributed by atoms with Crippen LogP contribution in [0.15, 0.2) is 0 Å². The van der Waals surface area contributed by atoms with Crippen LogP contribution in [0.25, 0.3) is 0 Å². The zero-order valence-electron chi connectivity index (χ0n) is 10.7. The van der Waals surface area contributed by atoms with E-state index in [-0.39, 0.29) is 29.1 Å². The Morgan fingerprint density at radius 1 is 1.50 bits per heavy atom. The van der Waals surface area contributed by atoms with Gasteiger partial charge in [0.15, 0.2) is 0 Å². The number of rotatable bonds is 4. The fourth-order valence-corrected chi connectivity index (χ4v) is 1.93. The topological polar surface area (TPSA) is 46.6 Å². The van der Waals surface area contributed by atoms with Gasteiger partial charge in [0.1, 0.15) is 0 Å². The van der Waals surface area contributed by atoms with Crippen LogP contribution in [-0.2, 0) is 14.3 Å². The molecule has 1 saturated carbocycles. The maximum Gasteiger partial charge on any atom is 0.310 e. The van der Waals surface area contributed by atoms with Crippen LogP contribution in [-0.4, -0.2) is 37.5 Å². The first-order valence-electron chi connectivity index (χ1n) is 5.62. The second kappa shape index (κ2) is 4.44. The molecule has 16 heavy (non-hydrogen) atoms. The standard InChI is InChI=1S/C12H21NO3/c1-8(11(15)16-5)7-13(4)10(14)9-6-12(9,2)3/h8-9H,6-7H2,1-5H3. The van der Waals surface area contributed by atoms with Gasteiger partial charge in [0, 0.05) is 19.5 Å². The van der Waals surface area contributed by atoms with E-state index in [9.17, 15) is 9.59 Å². The van der Waals surface area contributed by atoms with Gasteiger partial charge in [0.05, 0.1) is 13.0 Å². The van der Waals surface area contributed by atoms with Crippen LogP contribution in [0, 0.1) is 17.3 Å². The van der Waals surface area contributed by atoms with E-state index in [1.165, 1.54) is 7.11 Å². The number of esters is 1. The van der Waals surface area contributed by atoms with Gasteiger partial charge in [0.2, 0.25) is 5.91 Å². The number of nitrogens with zero attached hydrogens (tertiary/aromatic N) is 1. The molecule has 0 saturated heterocycles. The lowest BCUT2D eigenvalue weighted by Gasteiger charge is -2.21. The van der Waals surface area contributed by atoms with Gasteiger partial charge in [-0.2, -0.15) is 0 Å². The van der Waals surface area contributed by atoms with E-state index in [1.54, 1.807) is 18.9 Å². The summed E-state index contributed by atoms with van der Waals surface area (Å²) < 4.78 is 4.63. The zero-order chi connectivity index (χ0) is 12.5. The highest BCUT2D eigenvalue weighted by molar-refractivity contribution is 5.83. The van der Waals surface area contributed by atoms with Crippen molar-refractivity contribution < 1.29 is 14.3 Å². The van der Waals surface area contributed by atoms with E-state index in [0.717, 1.165) is 6.42 Å². The number of amides is 1. The van der Waals surface area contributed by atoms with Gasteiger partial charge in [-0.15, -0.1) is 0 Å². The fourth-order valence-electron chi connectivity index (χ4n) is 1.93. The van der Waals surface area contributed by atoms with E-state index in [0.29, 0.717) is 6.54 Å². The molecule has 2 unspecified atom stereocenters. The quantitative estimate of drug-likeness (QED) is 0.680. The minimum atomic E-state index is -0.269. The molecule has 0 bridgehead atoms. The van der Waals surface area contributed by atoms with Crippen molar-refractivity contribution >= 4 is 11.9 Å². The van der Waals surface area contributed by atoms with Crippen molar-refractivity contribution in [2.24, 2.45) is 17.3 Å². The Kier molecular flexibility index (Phi) is 3.61. The second-order valence-electron chi connectivity index (χ2n) is 5.39. The van der Waals surface area contributed by atoms with Gasteiger partial charge in [-0.1, -0.05) is 20.8 Å². The highest BCUT2D eigenvalue weighted by Crippen LogP contribution is 2.52. The Morgan fingerprint density at radius 3 is 2.38 bits per heavy atom. The number of carbonyl (C=O) groups excluding carboxylic acids is 2. The van der Waals surface area contributed by atoms with Crippen LogP contribution in [0.2, 0.25) is 0 Å². The van der Waals surface area contributed by atoms with Crippen molar-refractivity contribution in [3.8, 4) is 0 Å². The van der Waals surface area contributed by atoms with Crippen molar-refractivity contribution in [2.75, 3.05) is 20.7 Å². The highest BCUT2D eigenvalue weighted by atomic mass is 16.5. The lowest BCUT2D eigenvalue weighted by atomic mass is 10.1. The summed E-state index contributed by atoms with van der Waals surface area (Å²) in [6, 6.07) is 0. The summed E-state index contributed by atoms with van der Waals surface area (Å²) in [4.78, 5) is 24.8. The smallest absolute Gasteiger partial charge is 0.310 e. The molecule has 0 aromatic heterocycles. The molecule has 1 amide bonds. The summed E-state index contributed by atoms with van der Waals surface area (Å²) in [5.74, 6) is -0.265. The molecule has 92 valence electrons. The molecule has 1 rings (SSSR count). The normalized spacial score (nSPS) is 23.4. The molecule has 1 aliphatic rings. The Labute approximate surface area is 96.9 Å². The number of ether oxygens (including phenoxy) is 1. The van der Waals surface area contributed by atoms with Crippen LogP contribution >= 0.6 is 0 Å². The van der Waals surface area contributed by atoms with Crippen molar-refractivity contribution in [2.45, 2.75) is 27.2 Å². The minimum Gasteiger partial charge on any atom is -0.469 e. The average molecular weight is 227 g/mol. The molecular weight excluding hydrogens is 206 g/mol. The number of methoxy groups -OCH3 is 1. The molecule has 0 aromatic rings. The van der Waals surface area contributed by atoms with Gasteiger partial charge in [-0.3, -0.25) is 9.59 Å². The average Bonchev–Trinajstić information content (AvgIpc) is 2.85. The number of carbonyl (C=O) groups is 2. The van der Waals surface area contributed by atoms with Crippen LogP contribution < -0.4 is 0 Å². The maximum absolute atomic E-state index is 11.9. The third kappa shape index (κ3) is 2.74. The summed E-state index contributed by atoms with van der Waals surface area (Å²) in [6.07, 6.45) is 0.947. The van der Waals surface area contributed by atoms with Crippen molar-refractivity contribution in [1.29, 1.82) is 0 Å². The molecule has 0 heterocycles. The number of hydrogen-bond acceptors (Lipinski definition) is 3. The molecule has 1 fully saturated rings. The summed E-state index contributed by atoms with van der Waals surface area (Å²) in [7, 11) is 3.11. The van der Waals surface area contributed by atoms with E-state index in [1.807, 2.05) is 0 Å². The van der Waals surface area contributed by atoms with E-state index < -0.39 is 0 Å². The Morgan fingerprint density at radius 2 is 2.00 bits per heavy atom. The third-order valence-electron chi connectivity index (χ3n) is 3.34. The Hall–Kier alpha value is -1.06. The molecule has 0 radical (unpaired) electrons. The van der Waals surface area contributed by atoms with E-state index in [4.69, 9.17) is 0 Å². The van der Waals surface area contributed by atoms with Gasteiger partial charge in [0.25, 0.3) is 0 Å². The molecule has 1 aliphatic carbocycles. The van der Waals surface area contributed by atoms with E-state index in [2.05, 4.69) is 18.6 Å². The van der Waals surface area contributed by atoms with Crippen LogP contribution in [0.1, 0.15) is 27.2 Å². The van der Waals surface area contributed by atoms with Crippen LogP contribution in [0.5, 0.6) is 0 Å². The van der Waals surface area contributed by atoms with Crippen LogP contribution in [0.4, 0.5) is 0 Å². The van der Waals surface area contributed by atoms with Gasteiger partial charge in [-0.05, 0) is 11.8 Å². The molecule has 4 heteroatoms. The molecule has 0 aliphatic heterocycles. The number of hydrogen-bond donors (Lipinski definition) is 0. The van der Waals surface area contributed by atoms with Crippen molar-refractivity contribution in [1.82, 2.24) is 4.90 Å². The van der Waals surface area contributed by atoms with Crippen LogP contribution in [0.3, 0.4) is 0 Å². The maximum atomic E-state index is 11.9.